The Labute approximate surface area is 105 Å². The third kappa shape index (κ3) is 13.3. The van der Waals surface area contributed by atoms with E-state index in [4.69, 9.17) is 10.6 Å². The van der Waals surface area contributed by atoms with E-state index in [-0.39, 0.29) is 5.91 Å². The molecular weight excluding hydrogens is 216 g/mol. The molecule has 0 rings (SSSR count). The summed E-state index contributed by atoms with van der Waals surface area (Å²) in [5.41, 5.74) is 2.12. The molecule has 0 spiro atoms. The summed E-state index contributed by atoms with van der Waals surface area (Å²) in [6.07, 6.45) is 10.0. The SMILES string of the molecule is CCCCCCCCOCCCCC(=O)NN. The first-order valence-electron chi connectivity index (χ1n) is 6.88. The van der Waals surface area contributed by atoms with E-state index < -0.39 is 0 Å². The summed E-state index contributed by atoms with van der Waals surface area (Å²) in [6, 6.07) is 0. The smallest absolute Gasteiger partial charge is 0.233 e. The van der Waals surface area contributed by atoms with Crippen LogP contribution in [-0.4, -0.2) is 19.1 Å². The predicted molar refractivity (Wildman–Crippen MR) is 70.4 cm³/mol. The highest BCUT2D eigenvalue weighted by molar-refractivity contribution is 5.74. The van der Waals surface area contributed by atoms with E-state index in [2.05, 4.69) is 12.3 Å². The summed E-state index contributed by atoms with van der Waals surface area (Å²) in [5, 5.41) is 0. The van der Waals surface area contributed by atoms with Gasteiger partial charge in [-0.25, -0.2) is 5.84 Å². The van der Waals surface area contributed by atoms with Gasteiger partial charge in [0.2, 0.25) is 5.91 Å². The van der Waals surface area contributed by atoms with Crippen molar-refractivity contribution in [1.29, 1.82) is 0 Å². The normalized spacial score (nSPS) is 10.5. The molecule has 0 aromatic carbocycles. The van der Waals surface area contributed by atoms with Crippen LogP contribution >= 0.6 is 0 Å². The monoisotopic (exact) mass is 244 g/mol. The highest BCUT2D eigenvalue weighted by Crippen LogP contribution is 2.05. The van der Waals surface area contributed by atoms with Crippen molar-refractivity contribution in [2.45, 2.75) is 64.7 Å². The van der Waals surface area contributed by atoms with Crippen molar-refractivity contribution in [3.8, 4) is 0 Å². The molecule has 0 saturated heterocycles. The van der Waals surface area contributed by atoms with Gasteiger partial charge in [0.15, 0.2) is 0 Å². The van der Waals surface area contributed by atoms with E-state index >= 15 is 0 Å². The third-order valence-corrected chi connectivity index (χ3v) is 2.75. The molecule has 4 nitrogen and oxygen atoms in total. The van der Waals surface area contributed by atoms with Gasteiger partial charge in [-0.15, -0.1) is 0 Å². The molecular formula is C13H28N2O2. The number of nitrogens with two attached hydrogens (primary N) is 1. The van der Waals surface area contributed by atoms with Gasteiger partial charge < -0.3 is 4.74 Å². The molecule has 0 heterocycles. The van der Waals surface area contributed by atoms with Crippen LogP contribution in [0.1, 0.15) is 64.7 Å². The van der Waals surface area contributed by atoms with Crippen LogP contribution in [0, 0.1) is 0 Å². The van der Waals surface area contributed by atoms with Gasteiger partial charge in [0.05, 0.1) is 0 Å². The van der Waals surface area contributed by atoms with Gasteiger partial charge in [-0.2, -0.15) is 0 Å². The molecule has 3 N–H and O–H groups in total. The Balaban J connectivity index is 2.96. The first-order chi connectivity index (χ1) is 8.31. The molecule has 17 heavy (non-hydrogen) atoms. The Hall–Kier alpha value is -0.610. The molecule has 4 heteroatoms. The summed E-state index contributed by atoms with van der Waals surface area (Å²) in [5.74, 6) is 4.88. The van der Waals surface area contributed by atoms with Crippen molar-refractivity contribution in [1.82, 2.24) is 5.43 Å². The fraction of sp³-hybridized carbons (Fsp3) is 0.923. The number of hydrogen-bond acceptors (Lipinski definition) is 3. The molecule has 0 aliphatic rings. The maximum absolute atomic E-state index is 10.8. The number of hydrazine groups is 1. The fourth-order valence-corrected chi connectivity index (χ4v) is 1.65. The lowest BCUT2D eigenvalue weighted by atomic mass is 10.1. The molecule has 0 fully saturated rings. The summed E-state index contributed by atoms with van der Waals surface area (Å²) >= 11 is 0. The summed E-state index contributed by atoms with van der Waals surface area (Å²) in [7, 11) is 0. The minimum absolute atomic E-state index is 0.0964. The summed E-state index contributed by atoms with van der Waals surface area (Å²) in [4.78, 5) is 10.8. The molecule has 0 atom stereocenters. The number of carbonyl (C=O) groups excluding carboxylic acids is 1. The number of amides is 1. The van der Waals surface area contributed by atoms with E-state index in [0.717, 1.165) is 32.5 Å². The second-order valence-electron chi connectivity index (χ2n) is 4.40. The van der Waals surface area contributed by atoms with Crippen LogP contribution in [0.4, 0.5) is 0 Å². The molecule has 0 saturated carbocycles. The van der Waals surface area contributed by atoms with Crippen LogP contribution in [0.5, 0.6) is 0 Å². The maximum atomic E-state index is 10.8. The summed E-state index contributed by atoms with van der Waals surface area (Å²) < 4.78 is 5.49. The quantitative estimate of drug-likeness (QED) is 0.240. The highest BCUT2D eigenvalue weighted by Gasteiger charge is 1.97. The number of hydrogen-bond donors (Lipinski definition) is 2. The van der Waals surface area contributed by atoms with Crippen molar-refractivity contribution in [3.63, 3.8) is 0 Å². The molecule has 0 unspecified atom stereocenters. The van der Waals surface area contributed by atoms with Gasteiger partial charge >= 0.3 is 0 Å². The molecule has 1 amide bonds. The van der Waals surface area contributed by atoms with Gasteiger partial charge in [0, 0.05) is 19.6 Å². The molecule has 0 aromatic heterocycles. The predicted octanol–water partition coefficient (Wildman–Crippen LogP) is 2.52. The average molecular weight is 244 g/mol. The number of nitrogens with one attached hydrogen (secondary N) is 1. The van der Waals surface area contributed by atoms with E-state index in [0.29, 0.717) is 6.42 Å². The lowest BCUT2D eigenvalue weighted by Crippen LogP contribution is -2.29. The third-order valence-electron chi connectivity index (χ3n) is 2.75. The van der Waals surface area contributed by atoms with E-state index in [1.54, 1.807) is 0 Å². The second kappa shape index (κ2) is 13.5. The average Bonchev–Trinajstić information content (AvgIpc) is 2.35. The number of carbonyl (C=O) groups is 1. The first kappa shape index (κ1) is 16.4. The minimum Gasteiger partial charge on any atom is -0.381 e. The maximum Gasteiger partial charge on any atom is 0.233 e. The molecule has 0 radical (unpaired) electrons. The summed E-state index contributed by atoms with van der Waals surface area (Å²) in [6.45, 7) is 3.84. The molecule has 0 aliphatic carbocycles. The van der Waals surface area contributed by atoms with Crippen molar-refractivity contribution >= 4 is 5.91 Å². The Morgan fingerprint density at radius 1 is 1.00 bits per heavy atom. The van der Waals surface area contributed by atoms with Crippen LogP contribution in [0.25, 0.3) is 0 Å². The molecule has 0 aliphatic heterocycles. The zero-order valence-corrected chi connectivity index (χ0v) is 11.2. The first-order valence-corrected chi connectivity index (χ1v) is 6.88. The van der Waals surface area contributed by atoms with E-state index in [1.807, 2.05) is 0 Å². The van der Waals surface area contributed by atoms with Gasteiger partial charge in [-0.1, -0.05) is 39.0 Å². The Kier molecular flexibility index (Phi) is 13.0. The lowest BCUT2D eigenvalue weighted by molar-refractivity contribution is -0.121. The topological polar surface area (TPSA) is 64.3 Å². The van der Waals surface area contributed by atoms with Crippen LogP contribution in [0.2, 0.25) is 0 Å². The van der Waals surface area contributed by atoms with Crippen LogP contribution < -0.4 is 11.3 Å². The van der Waals surface area contributed by atoms with Crippen LogP contribution in [0.3, 0.4) is 0 Å². The fourth-order valence-electron chi connectivity index (χ4n) is 1.65. The lowest BCUT2D eigenvalue weighted by Gasteiger charge is -2.04. The number of unbranched alkanes of at least 4 members (excludes halogenated alkanes) is 6. The zero-order valence-electron chi connectivity index (χ0n) is 11.2. The van der Waals surface area contributed by atoms with Crippen molar-refractivity contribution < 1.29 is 9.53 Å². The van der Waals surface area contributed by atoms with Crippen LogP contribution in [0.15, 0.2) is 0 Å². The number of rotatable bonds is 12. The minimum atomic E-state index is -0.0964. The molecule has 102 valence electrons. The van der Waals surface area contributed by atoms with Gasteiger partial charge in [-0.05, 0) is 19.3 Å². The van der Waals surface area contributed by atoms with Crippen molar-refractivity contribution in [3.05, 3.63) is 0 Å². The van der Waals surface area contributed by atoms with E-state index in [9.17, 15) is 4.79 Å². The highest BCUT2D eigenvalue weighted by atomic mass is 16.5. The second-order valence-corrected chi connectivity index (χ2v) is 4.40. The van der Waals surface area contributed by atoms with Crippen LogP contribution in [-0.2, 0) is 9.53 Å². The standard InChI is InChI=1S/C13H28N2O2/c1-2-3-4-5-6-8-11-17-12-9-7-10-13(16)15-14/h2-12,14H2,1H3,(H,15,16). The number of ether oxygens (including phenoxy) is 1. The van der Waals surface area contributed by atoms with Gasteiger partial charge in [0.25, 0.3) is 0 Å². The molecule has 0 aromatic rings. The Morgan fingerprint density at radius 2 is 1.59 bits per heavy atom. The molecule has 0 bridgehead atoms. The van der Waals surface area contributed by atoms with Crippen molar-refractivity contribution in [2.24, 2.45) is 5.84 Å². The van der Waals surface area contributed by atoms with Gasteiger partial charge in [0.1, 0.15) is 0 Å². The van der Waals surface area contributed by atoms with Gasteiger partial charge in [-0.3, -0.25) is 10.2 Å². The van der Waals surface area contributed by atoms with E-state index in [1.165, 1.54) is 32.1 Å². The Morgan fingerprint density at radius 3 is 2.24 bits per heavy atom. The zero-order chi connectivity index (χ0) is 12.8. The largest absolute Gasteiger partial charge is 0.381 e. The van der Waals surface area contributed by atoms with Crippen molar-refractivity contribution in [2.75, 3.05) is 13.2 Å². The Bertz CT molecular complexity index is 175.